The molecule has 12 heavy (non-hydrogen) atoms. The van der Waals surface area contributed by atoms with Crippen LogP contribution in [0.5, 0.6) is 0 Å². The molecule has 0 bridgehead atoms. The fourth-order valence-electron chi connectivity index (χ4n) is 0.651. The minimum atomic E-state index is -1.36. The molecular formula is C5H5N3O4. The van der Waals surface area contributed by atoms with E-state index in [-0.39, 0.29) is 5.82 Å². The molecule has 0 fully saturated rings. The number of carbonyl (C=O) groups is 2. The second kappa shape index (κ2) is 2.53. The summed E-state index contributed by atoms with van der Waals surface area (Å²) in [6, 6.07) is 0. The first-order chi connectivity index (χ1) is 5.52. The molecule has 0 radical (unpaired) electrons. The number of hydrogen-bond acceptors (Lipinski definition) is 4. The molecule has 64 valence electrons. The smallest absolute Gasteiger partial charge is 0.371 e. The lowest BCUT2D eigenvalue weighted by molar-refractivity contribution is 0.0684. The van der Waals surface area contributed by atoms with Crippen molar-refractivity contribution in [2.45, 2.75) is 0 Å². The van der Waals surface area contributed by atoms with Gasteiger partial charge in [0, 0.05) is 0 Å². The number of imidazole rings is 1. The minimum absolute atomic E-state index is 0.264. The van der Waals surface area contributed by atoms with E-state index in [4.69, 9.17) is 15.9 Å². The normalized spacial score (nSPS) is 9.67. The number of H-pyrrole nitrogens is 1. The van der Waals surface area contributed by atoms with E-state index < -0.39 is 23.5 Å². The third-order valence-electron chi connectivity index (χ3n) is 1.14. The number of aromatic carboxylic acids is 2. The third kappa shape index (κ3) is 1.19. The summed E-state index contributed by atoms with van der Waals surface area (Å²) in [4.78, 5) is 25.9. The lowest BCUT2D eigenvalue weighted by Gasteiger charge is -1.85. The molecule has 0 saturated heterocycles. The summed E-state index contributed by atoms with van der Waals surface area (Å²) in [5.41, 5.74) is 4.64. The van der Waals surface area contributed by atoms with Crippen molar-refractivity contribution in [1.82, 2.24) is 9.97 Å². The van der Waals surface area contributed by atoms with Gasteiger partial charge in [-0.15, -0.1) is 0 Å². The molecule has 0 aliphatic carbocycles. The summed E-state index contributed by atoms with van der Waals surface area (Å²) in [6.45, 7) is 0. The van der Waals surface area contributed by atoms with Gasteiger partial charge in [0.25, 0.3) is 0 Å². The van der Waals surface area contributed by atoms with Crippen molar-refractivity contribution >= 4 is 17.8 Å². The van der Waals surface area contributed by atoms with E-state index in [0.717, 1.165) is 0 Å². The molecule has 7 nitrogen and oxygen atoms in total. The van der Waals surface area contributed by atoms with Gasteiger partial charge in [-0.05, 0) is 0 Å². The van der Waals surface area contributed by atoms with Crippen LogP contribution in [0, 0.1) is 0 Å². The number of nitrogen functional groups attached to an aromatic ring is 1. The molecular weight excluding hydrogens is 166 g/mol. The van der Waals surface area contributed by atoms with E-state index in [1.165, 1.54) is 0 Å². The summed E-state index contributed by atoms with van der Waals surface area (Å²) in [6.07, 6.45) is 0. The largest absolute Gasteiger partial charge is 0.476 e. The van der Waals surface area contributed by atoms with E-state index >= 15 is 0 Å². The van der Waals surface area contributed by atoms with E-state index in [9.17, 15) is 9.59 Å². The van der Waals surface area contributed by atoms with Gasteiger partial charge in [0.15, 0.2) is 5.69 Å². The van der Waals surface area contributed by atoms with Crippen LogP contribution in [-0.4, -0.2) is 32.1 Å². The molecule has 0 aliphatic heterocycles. The van der Waals surface area contributed by atoms with Crippen molar-refractivity contribution in [2.75, 3.05) is 5.73 Å². The van der Waals surface area contributed by atoms with Gasteiger partial charge in [0.1, 0.15) is 5.82 Å². The molecule has 0 unspecified atom stereocenters. The van der Waals surface area contributed by atoms with Gasteiger partial charge in [0.05, 0.1) is 0 Å². The zero-order valence-electron chi connectivity index (χ0n) is 5.74. The van der Waals surface area contributed by atoms with E-state index in [0.29, 0.717) is 0 Å². The number of nitrogens with two attached hydrogens (primary N) is 1. The maximum absolute atomic E-state index is 10.3. The number of aromatic amines is 1. The highest BCUT2D eigenvalue weighted by Gasteiger charge is 2.17. The van der Waals surface area contributed by atoms with Gasteiger partial charge in [-0.1, -0.05) is 0 Å². The van der Waals surface area contributed by atoms with Crippen molar-refractivity contribution in [2.24, 2.45) is 0 Å². The molecule has 1 rings (SSSR count). The fraction of sp³-hybridized carbons (Fsp3) is 0. The average Bonchev–Trinajstić information content (AvgIpc) is 2.30. The number of nitrogens with zero attached hydrogens (tertiary/aromatic N) is 1. The Bertz CT molecular complexity index is 342. The second-order valence-corrected chi connectivity index (χ2v) is 1.96. The SMILES string of the molecule is Nc1[nH]c(C(=O)O)nc1C(=O)O. The summed E-state index contributed by atoms with van der Waals surface area (Å²) in [5.74, 6) is -3.46. The standard InChI is InChI=1S/C5H5N3O4/c6-2-1(4(9)10)7-3(8-2)5(11)12/h6H2,(H,7,8)(H,9,10)(H,11,12). The maximum Gasteiger partial charge on any atom is 0.371 e. The summed E-state index contributed by atoms with van der Waals surface area (Å²) in [7, 11) is 0. The molecule has 5 N–H and O–H groups in total. The number of carboxylic acid groups (broad SMARTS) is 2. The summed E-state index contributed by atoms with van der Waals surface area (Å²) < 4.78 is 0. The Hall–Kier alpha value is -2.05. The Morgan fingerprint density at radius 2 is 1.92 bits per heavy atom. The zero-order valence-corrected chi connectivity index (χ0v) is 5.74. The van der Waals surface area contributed by atoms with Crippen molar-refractivity contribution < 1.29 is 19.8 Å². The topological polar surface area (TPSA) is 129 Å². The molecule has 0 atom stereocenters. The lowest BCUT2D eigenvalue weighted by Crippen LogP contribution is -2.02. The Labute approximate surface area is 65.8 Å². The number of hydrogen-bond donors (Lipinski definition) is 4. The molecule has 0 aliphatic rings. The Kier molecular flexibility index (Phi) is 1.70. The van der Waals surface area contributed by atoms with Crippen LogP contribution in [0.25, 0.3) is 0 Å². The average molecular weight is 171 g/mol. The highest BCUT2D eigenvalue weighted by atomic mass is 16.4. The van der Waals surface area contributed by atoms with Gasteiger partial charge in [-0.25, -0.2) is 14.6 Å². The first kappa shape index (κ1) is 8.05. The zero-order chi connectivity index (χ0) is 9.30. The van der Waals surface area contributed by atoms with Crippen molar-refractivity contribution in [3.63, 3.8) is 0 Å². The molecule has 7 heteroatoms. The van der Waals surface area contributed by atoms with Crippen molar-refractivity contribution in [1.29, 1.82) is 0 Å². The van der Waals surface area contributed by atoms with Crippen LogP contribution in [0.2, 0.25) is 0 Å². The Morgan fingerprint density at radius 1 is 1.33 bits per heavy atom. The quantitative estimate of drug-likeness (QED) is 0.469. The highest BCUT2D eigenvalue weighted by molar-refractivity contribution is 5.93. The Morgan fingerprint density at radius 3 is 2.17 bits per heavy atom. The number of anilines is 1. The van der Waals surface area contributed by atoms with Crippen LogP contribution in [-0.2, 0) is 0 Å². The van der Waals surface area contributed by atoms with Crippen LogP contribution in [0.4, 0.5) is 5.82 Å². The Balaban J connectivity index is 3.17. The monoisotopic (exact) mass is 171 g/mol. The third-order valence-corrected chi connectivity index (χ3v) is 1.14. The molecule has 0 amide bonds. The van der Waals surface area contributed by atoms with Crippen LogP contribution in [0.1, 0.15) is 21.1 Å². The van der Waals surface area contributed by atoms with Crippen LogP contribution >= 0.6 is 0 Å². The number of nitrogens with one attached hydrogen (secondary N) is 1. The van der Waals surface area contributed by atoms with E-state index in [2.05, 4.69) is 9.97 Å². The summed E-state index contributed by atoms with van der Waals surface area (Å²) in [5, 5.41) is 16.8. The number of aromatic nitrogens is 2. The van der Waals surface area contributed by atoms with Crippen molar-refractivity contribution in [3.05, 3.63) is 11.5 Å². The molecule has 0 spiro atoms. The molecule has 1 heterocycles. The van der Waals surface area contributed by atoms with Gasteiger partial charge in [-0.3, -0.25) is 0 Å². The fourth-order valence-corrected chi connectivity index (χ4v) is 0.651. The van der Waals surface area contributed by atoms with E-state index in [1.54, 1.807) is 0 Å². The number of rotatable bonds is 2. The van der Waals surface area contributed by atoms with Gasteiger partial charge in [-0.2, -0.15) is 0 Å². The second-order valence-electron chi connectivity index (χ2n) is 1.96. The number of carboxylic acids is 2. The molecule has 1 aromatic heterocycles. The highest BCUT2D eigenvalue weighted by Crippen LogP contribution is 2.07. The molecule has 1 aromatic rings. The first-order valence-corrected chi connectivity index (χ1v) is 2.84. The van der Waals surface area contributed by atoms with Crippen LogP contribution in [0.3, 0.4) is 0 Å². The van der Waals surface area contributed by atoms with Crippen LogP contribution in [0.15, 0.2) is 0 Å². The maximum atomic E-state index is 10.3. The summed E-state index contributed by atoms with van der Waals surface area (Å²) >= 11 is 0. The van der Waals surface area contributed by atoms with E-state index in [1.807, 2.05) is 0 Å². The lowest BCUT2D eigenvalue weighted by atomic mass is 10.4. The molecule has 0 aromatic carbocycles. The van der Waals surface area contributed by atoms with Gasteiger partial charge in [0.2, 0.25) is 5.82 Å². The molecule has 0 saturated carbocycles. The minimum Gasteiger partial charge on any atom is -0.476 e. The first-order valence-electron chi connectivity index (χ1n) is 2.84. The van der Waals surface area contributed by atoms with Gasteiger partial charge < -0.3 is 20.9 Å². The predicted octanol–water partition coefficient (Wildman–Crippen LogP) is -0.612. The predicted molar refractivity (Wildman–Crippen MR) is 36.9 cm³/mol. The van der Waals surface area contributed by atoms with Gasteiger partial charge >= 0.3 is 11.9 Å². The van der Waals surface area contributed by atoms with Crippen LogP contribution < -0.4 is 5.73 Å². The van der Waals surface area contributed by atoms with Crippen molar-refractivity contribution in [3.8, 4) is 0 Å².